The molecule has 0 spiro atoms. The fourth-order valence-corrected chi connectivity index (χ4v) is 2.31. The highest BCUT2D eigenvalue weighted by Gasteiger charge is 2.28. The number of hydrogen-bond acceptors (Lipinski definition) is 4. The Hall–Kier alpha value is -1.20. The Balaban J connectivity index is 2.21. The van der Waals surface area contributed by atoms with Gasteiger partial charge in [-0.2, -0.15) is 0 Å². The monoisotopic (exact) mass is 254 g/mol. The minimum atomic E-state index is -0.146. The highest BCUT2D eigenvalue weighted by molar-refractivity contribution is 6.33. The average Bonchev–Trinajstić information content (AvgIpc) is 2.38. The molecule has 2 heterocycles. The average molecular weight is 255 g/mol. The van der Waals surface area contributed by atoms with Gasteiger partial charge in [0.25, 0.3) is 5.91 Å². The minimum absolute atomic E-state index is 0.0993. The number of piperidine rings is 1. The van der Waals surface area contributed by atoms with Crippen molar-refractivity contribution in [3.05, 3.63) is 23.2 Å². The Morgan fingerprint density at radius 3 is 3.12 bits per heavy atom. The Morgan fingerprint density at radius 2 is 2.41 bits per heavy atom. The molecule has 0 aliphatic carbocycles. The molecular weight excluding hydrogens is 240 g/mol. The second kappa shape index (κ2) is 5.42. The Morgan fingerprint density at radius 1 is 1.59 bits per heavy atom. The maximum Gasteiger partial charge on any atom is 0.274 e. The molecule has 2 N–H and O–H groups in total. The summed E-state index contributed by atoms with van der Waals surface area (Å²) in [6.45, 7) is 1.20. The smallest absolute Gasteiger partial charge is 0.274 e. The molecule has 0 unspecified atom stereocenters. The largest absolute Gasteiger partial charge is 0.333 e. The van der Waals surface area contributed by atoms with Gasteiger partial charge in [0.05, 0.1) is 5.02 Å². The minimum Gasteiger partial charge on any atom is -0.333 e. The quantitative estimate of drug-likeness (QED) is 0.857. The standard InChI is InChI=1S/C11H15ClN4O/c12-9-6-14-7-15-10(9)11(17)16-4-2-1-3-8(16)5-13/h6-8H,1-5,13H2/t8-/m1/s1. The van der Waals surface area contributed by atoms with E-state index in [0.717, 1.165) is 25.8 Å². The molecule has 1 fully saturated rings. The molecule has 5 nitrogen and oxygen atoms in total. The summed E-state index contributed by atoms with van der Waals surface area (Å²) in [7, 11) is 0. The fraction of sp³-hybridized carbons (Fsp3) is 0.545. The summed E-state index contributed by atoms with van der Waals surface area (Å²) >= 11 is 5.93. The molecule has 1 atom stereocenters. The first-order valence-electron chi connectivity index (χ1n) is 5.70. The van der Waals surface area contributed by atoms with Crippen LogP contribution in [0.1, 0.15) is 29.8 Å². The van der Waals surface area contributed by atoms with Crippen LogP contribution < -0.4 is 5.73 Å². The fourth-order valence-electron chi connectivity index (χ4n) is 2.12. The van der Waals surface area contributed by atoms with Crippen molar-refractivity contribution < 1.29 is 4.79 Å². The number of hydrogen-bond donors (Lipinski definition) is 1. The van der Waals surface area contributed by atoms with Crippen LogP contribution in [0.15, 0.2) is 12.5 Å². The number of aromatic nitrogens is 2. The van der Waals surface area contributed by atoms with Crippen molar-refractivity contribution in [3.8, 4) is 0 Å². The van der Waals surface area contributed by atoms with Crippen molar-refractivity contribution in [2.24, 2.45) is 5.73 Å². The SMILES string of the molecule is NC[C@H]1CCCCN1C(=O)c1ncncc1Cl. The van der Waals surface area contributed by atoms with Crippen molar-refractivity contribution in [3.63, 3.8) is 0 Å². The lowest BCUT2D eigenvalue weighted by molar-refractivity contribution is 0.0617. The molecule has 1 aromatic rings. The molecule has 92 valence electrons. The van der Waals surface area contributed by atoms with Crippen molar-refractivity contribution in [1.29, 1.82) is 0 Å². The van der Waals surface area contributed by atoms with Crippen molar-refractivity contribution >= 4 is 17.5 Å². The molecule has 1 saturated heterocycles. The van der Waals surface area contributed by atoms with E-state index >= 15 is 0 Å². The van der Waals surface area contributed by atoms with Gasteiger partial charge in [-0.15, -0.1) is 0 Å². The highest BCUT2D eigenvalue weighted by Crippen LogP contribution is 2.20. The first-order chi connectivity index (χ1) is 8.24. The van der Waals surface area contributed by atoms with Crippen LogP contribution in [0.5, 0.6) is 0 Å². The van der Waals surface area contributed by atoms with E-state index in [4.69, 9.17) is 17.3 Å². The van der Waals surface area contributed by atoms with E-state index in [-0.39, 0.29) is 17.6 Å². The number of nitrogens with zero attached hydrogens (tertiary/aromatic N) is 3. The molecule has 1 aliphatic rings. The summed E-state index contributed by atoms with van der Waals surface area (Å²) in [6.07, 6.45) is 5.84. The van der Waals surface area contributed by atoms with Gasteiger partial charge in [0.2, 0.25) is 0 Å². The van der Waals surface area contributed by atoms with E-state index in [2.05, 4.69) is 9.97 Å². The van der Waals surface area contributed by atoms with Gasteiger partial charge in [-0.25, -0.2) is 9.97 Å². The number of nitrogens with two attached hydrogens (primary N) is 1. The third-order valence-corrected chi connectivity index (χ3v) is 3.31. The lowest BCUT2D eigenvalue weighted by Crippen LogP contribution is -2.47. The number of carbonyl (C=O) groups excluding carboxylic acids is 1. The van der Waals surface area contributed by atoms with Crippen molar-refractivity contribution in [2.75, 3.05) is 13.1 Å². The van der Waals surface area contributed by atoms with Gasteiger partial charge in [0.1, 0.15) is 12.0 Å². The summed E-state index contributed by atoms with van der Waals surface area (Å²) < 4.78 is 0. The lowest BCUT2D eigenvalue weighted by atomic mass is 10.0. The molecule has 17 heavy (non-hydrogen) atoms. The van der Waals surface area contributed by atoms with E-state index in [0.29, 0.717) is 11.6 Å². The zero-order valence-electron chi connectivity index (χ0n) is 9.47. The number of halogens is 1. The topological polar surface area (TPSA) is 72.1 Å². The van der Waals surface area contributed by atoms with Crippen LogP contribution in [0, 0.1) is 0 Å². The van der Waals surface area contributed by atoms with Gasteiger partial charge in [0, 0.05) is 25.3 Å². The first-order valence-corrected chi connectivity index (χ1v) is 6.08. The highest BCUT2D eigenvalue weighted by atomic mass is 35.5. The van der Waals surface area contributed by atoms with Crippen LogP contribution in [0.4, 0.5) is 0 Å². The number of carbonyl (C=O) groups is 1. The van der Waals surface area contributed by atoms with Gasteiger partial charge in [-0.05, 0) is 19.3 Å². The van der Waals surface area contributed by atoms with Crippen LogP contribution in [-0.4, -0.2) is 39.9 Å². The van der Waals surface area contributed by atoms with Crippen LogP contribution >= 0.6 is 11.6 Å². The van der Waals surface area contributed by atoms with Gasteiger partial charge < -0.3 is 10.6 Å². The second-order valence-electron chi connectivity index (χ2n) is 4.10. The number of rotatable bonds is 2. The summed E-state index contributed by atoms with van der Waals surface area (Å²) in [5, 5.41) is 0.291. The van der Waals surface area contributed by atoms with Crippen molar-refractivity contribution in [2.45, 2.75) is 25.3 Å². The zero-order valence-corrected chi connectivity index (χ0v) is 10.2. The second-order valence-corrected chi connectivity index (χ2v) is 4.51. The molecule has 0 radical (unpaired) electrons. The number of likely N-dealkylation sites (tertiary alicyclic amines) is 1. The molecule has 1 amide bonds. The molecule has 0 saturated carbocycles. The Kier molecular flexibility index (Phi) is 3.91. The van der Waals surface area contributed by atoms with Gasteiger partial charge in [-0.3, -0.25) is 4.79 Å². The lowest BCUT2D eigenvalue weighted by Gasteiger charge is -2.34. The summed E-state index contributed by atoms with van der Waals surface area (Å²) in [5.41, 5.74) is 5.95. The van der Waals surface area contributed by atoms with E-state index in [9.17, 15) is 4.79 Å². The normalized spacial score (nSPS) is 20.4. The maximum atomic E-state index is 12.3. The molecular formula is C11H15ClN4O. The summed E-state index contributed by atoms with van der Waals surface area (Å²) in [5.74, 6) is -0.146. The first kappa shape index (κ1) is 12.3. The van der Waals surface area contributed by atoms with E-state index in [1.54, 1.807) is 4.90 Å². The van der Waals surface area contributed by atoms with Crippen LogP contribution in [0.25, 0.3) is 0 Å². The van der Waals surface area contributed by atoms with Gasteiger partial charge in [-0.1, -0.05) is 11.6 Å². The van der Waals surface area contributed by atoms with Gasteiger partial charge >= 0.3 is 0 Å². The maximum absolute atomic E-state index is 12.3. The third kappa shape index (κ3) is 2.56. The summed E-state index contributed by atoms with van der Waals surface area (Å²) in [4.78, 5) is 21.8. The molecule has 1 aliphatic heterocycles. The predicted molar refractivity (Wildman–Crippen MR) is 64.8 cm³/mol. The van der Waals surface area contributed by atoms with Crippen LogP contribution in [0.3, 0.4) is 0 Å². The third-order valence-electron chi connectivity index (χ3n) is 3.03. The van der Waals surface area contributed by atoms with Crippen molar-refractivity contribution in [1.82, 2.24) is 14.9 Å². The summed E-state index contributed by atoms with van der Waals surface area (Å²) in [6, 6.07) is 0.0993. The molecule has 1 aromatic heterocycles. The molecule has 0 aromatic carbocycles. The van der Waals surface area contributed by atoms with E-state index < -0.39 is 0 Å². The molecule has 2 rings (SSSR count). The Labute approximate surface area is 105 Å². The van der Waals surface area contributed by atoms with Crippen LogP contribution in [0.2, 0.25) is 5.02 Å². The molecule has 0 bridgehead atoms. The number of amides is 1. The molecule has 6 heteroatoms. The van der Waals surface area contributed by atoms with E-state index in [1.807, 2.05) is 0 Å². The Bertz CT molecular complexity index is 412. The predicted octanol–water partition coefficient (Wildman–Crippen LogP) is 1.08. The zero-order chi connectivity index (χ0) is 12.3. The van der Waals surface area contributed by atoms with E-state index in [1.165, 1.54) is 12.5 Å². The van der Waals surface area contributed by atoms with Crippen LogP contribution in [-0.2, 0) is 0 Å². The van der Waals surface area contributed by atoms with Gasteiger partial charge in [0.15, 0.2) is 0 Å².